The Labute approximate surface area is 184 Å². The normalized spacial score (nSPS) is 11.9. The van der Waals surface area contributed by atoms with E-state index in [9.17, 15) is 0 Å². The molecule has 0 fully saturated rings. The van der Waals surface area contributed by atoms with Gasteiger partial charge in [-0.1, -0.05) is 0 Å². The zero-order valence-electron chi connectivity index (χ0n) is 16.9. The van der Waals surface area contributed by atoms with Gasteiger partial charge >= 0.3 is 185 Å². The van der Waals surface area contributed by atoms with E-state index in [1.54, 1.807) is 0 Å². The van der Waals surface area contributed by atoms with Crippen molar-refractivity contribution in [2.75, 3.05) is 18.8 Å². The van der Waals surface area contributed by atoms with Crippen LogP contribution in [0.2, 0.25) is 0 Å². The first-order valence-electron chi connectivity index (χ1n) is 10.0. The molecule has 2 N–H and O–H groups in total. The van der Waals surface area contributed by atoms with Gasteiger partial charge in [0.05, 0.1) is 0 Å². The van der Waals surface area contributed by atoms with Crippen LogP contribution in [0.1, 0.15) is 13.3 Å². The molecule has 0 saturated heterocycles. The van der Waals surface area contributed by atoms with Crippen molar-refractivity contribution in [3.8, 4) is 0 Å². The maximum absolute atomic E-state index is 5.96. The number of nitrogens with zero attached hydrogens (tertiary/aromatic N) is 5. The number of nitrogens with two attached hydrogens (primary N) is 1. The Bertz CT molecular complexity index is 1120. The van der Waals surface area contributed by atoms with Gasteiger partial charge in [-0.25, -0.2) is 0 Å². The molecule has 0 bridgehead atoms. The summed E-state index contributed by atoms with van der Waals surface area (Å²) in [5.41, 5.74) is 5.53. The van der Waals surface area contributed by atoms with Gasteiger partial charge in [-0.3, -0.25) is 0 Å². The molecule has 0 atom stereocenters. The molecule has 0 spiro atoms. The van der Waals surface area contributed by atoms with Gasteiger partial charge in [0.25, 0.3) is 0 Å². The number of anilines is 1. The molecule has 0 aliphatic rings. The number of imidazole rings is 1. The molecule has 0 amide bonds. The third kappa shape index (κ3) is 3.99. The van der Waals surface area contributed by atoms with Gasteiger partial charge in [0.15, 0.2) is 0 Å². The summed E-state index contributed by atoms with van der Waals surface area (Å²) in [6, 6.07) is 21.6. The summed E-state index contributed by atoms with van der Waals surface area (Å²) in [6.45, 7) is 4.87. The number of rotatable bonds is 8. The van der Waals surface area contributed by atoms with Crippen LogP contribution in [0.4, 0.5) is 5.82 Å². The van der Waals surface area contributed by atoms with E-state index in [1.165, 1.54) is 16.9 Å². The zero-order valence-corrected chi connectivity index (χ0v) is 19.5. The predicted octanol–water partition coefficient (Wildman–Crippen LogP) is 2.79. The van der Waals surface area contributed by atoms with Crippen LogP contribution in [0, 0.1) is 0 Å². The van der Waals surface area contributed by atoms with Gasteiger partial charge in [-0.05, 0) is 0 Å². The van der Waals surface area contributed by atoms with E-state index in [4.69, 9.17) is 5.73 Å². The van der Waals surface area contributed by atoms with E-state index in [2.05, 4.69) is 107 Å². The average Bonchev–Trinajstić information content (AvgIpc) is 3.22. The first kappa shape index (κ1) is 21.0. The number of hydrogen-bond donors (Lipinski definition) is 1. The van der Waals surface area contributed by atoms with Crippen molar-refractivity contribution in [3.05, 3.63) is 73.3 Å². The van der Waals surface area contributed by atoms with Crippen LogP contribution in [-0.2, 0) is 6.54 Å². The summed E-state index contributed by atoms with van der Waals surface area (Å²) in [4.78, 5) is 12.9. The summed E-state index contributed by atoms with van der Waals surface area (Å²) in [6.07, 6.45) is 4.38. The van der Waals surface area contributed by atoms with Crippen LogP contribution in [0.5, 0.6) is 0 Å². The number of fused-ring (bicyclic) bond motifs is 1. The van der Waals surface area contributed by atoms with E-state index in [0.717, 1.165) is 31.7 Å². The molecular weight excluding hydrogens is 458 g/mol. The molecule has 0 aliphatic carbocycles. The van der Waals surface area contributed by atoms with Crippen molar-refractivity contribution in [1.82, 2.24) is 24.2 Å². The summed E-state index contributed by atoms with van der Waals surface area (Å²) >= 11 is 3.65. The Balaban J connectivity index is 1.71. The van der Waals surface area contributed by atoms with Crippen LogP contribution in [0.3, 0.4) is 0 Å². The van der Waals surface area contributed by atoms with Crippen molar-refractivity contribution in [3.63, 3.8) is 0 Å². The Hall–Kier alpha value is -2.30. The van der Waals surface area contributed by atoms with E-state index < -0.39 is 5.66 Å². The van der Waals surface area contributed by atoms with Gasteiger partial charge in [0.1, 0.15) is 0 Å². The molecule has 0 aliphatic heterocycles. The van der Waals surface area contributed by atoms with Crippen molar-refractivity contribution < 1.29 is 0 Å². The minimum atomic E-state index is -1.87. The fourth-order valence-electron chi connectivity index (χ4n) is 3.67. The maximum atomic E-state index is 5.96. The Morgan fingerprint density at radius 2 is 1.57 bits per heavy atom. The van der Waals surface area contributed by atoms with Gasteiger partial charge in [0.2, 0.25) is 0 Å². The molecule has 2 aromatic heterocycles. The van der Waals surface area contributed by atoms with Crippen LogP contribution in [0.15, 0.2) is 73.3 Å². The molecule has 0 saturated carbocycles. The fraction of sp³-hybridized carbons (Fsp3) is 0.227. The first-order valence-corrected chi connectivity index (χ1v) is 14.0. The van der Waals surface area contributed by atoms with Gasteiger partial charge in [0, 0.05) is 0 Å². The Morgan fingerprint density at radius 1 is 0.933 bits per heavy atom. The summed E-state index contributed by atoms with van der Waals surface area (Å²) in [5, 5.41) is 2.68. The van der Waals surface area contributed by atoms with Crippen molar-refractivity contribution in [1.29, 1.82) is 0 Å². The van der Waals surface area contributed by atoms with Gasteiger partial charge in [-0.15, -0.1) is 0 Å². The van der Waals surface area contributed by atoms with Gasteiger partial charge in [-0.2, -0.15) is 0 Å². The van der Waals surface area contributed by atoms with Crippen LogP contribution in [0.25, 0.3) is 11.2 Å². The molecule has 4 aromatic rings. The third-order valence-corrected chi connectivity index (χ3v) is 12.4. The average molecular weight is 483 g/mol. The van der Waals surface area contributed by atoms with Crippen molar-refractivity contribution in [2.24, 2.45) is 0 Å². The quantitative estimate of drug-likeness (QED) is 0.308. The molecule has 0 unspecified atom stereocenters. The predicted molar refractivity (Wildman–Crippen MR) is 126 cm³/mol. The third-order valence-electron chi connectivity index (χ3n) is 5.12. The SMILES string of the molecule is CCCN(CCn1cnc2c(N)ncnc21)P(=[Se])(c1ccccc1)c1ccccc1. The topological polar surface area (TPSA) is 72.9 Å². The first-order chi connectivity index (χ1) is 14.6. The van der Waals surface area contributed by atoms with Crippen molar-refractivity contribution in [2.45, 2.75) is 19.9 Å². The van der Waals surface area contributed by atoms with E-state index in [-0.39, 0.29) is 0 Å². The standard InChI is InChI=1S/C22H25N6PSe/c1-2-13-28(15-14-27-17-26-20-21(23)24-16-25-22(20)27)29(30,18-9-5-3-6-10-18)19-11-7-4-8-12-19/h3-12,16-17H,2,13-15H2,1H3,(H2,23,24,25). The number of nitrogen functional groups attached to an aromatic ring is 1. The Morgan fingerprint density at radius 3 is 2.17 bits per heavy atom. The summed E-state index contributed by atoms with van der Waals surface area (Å²) < 4.78 is 4.67. The van der Waals surface area contributed by atoms with E-state index in [0.29, 0.717) is 11.3 Å². The van der Waals surface area contributed by atoms with Crippen LogP contribution >= 0.6 is 5.66 Å². The number of hydrogen-bond acceptors (Lipinski definition) is 5. The van der Waals surface area contributed by atoms with Crippen molar-refractivity contribution >= 4 is 48.3 Å². The number of aromatic nitrogens is 4. The Kier molecular flexibility index (Phi) is 6.45. The molecule has 2 heterocycles. The second-order valence-corrected chi connectivity index (χ2v) is 13.1. The monoisotopic (exact) mass is 484 g/mol. The molecule has 30 heavy (non-hydrogen) atoms. The second kappa shape index (κ2) is 9.23. The van der Waals surface area contributed by atoms with Crippen LogP contribution in [-0.4, -0.2) is 52.4 Å². The number of benzene rings is 2. The fourth-order valence-corrected chi connectivity index (χ4v) is 9.19. The van der Waals surface area contributed by atoms with Crippen LogP contribution < -0.4 is 16.3 Å². The minimum absolute atomic E-state index is 0.420. The molecular formula is C22H25N6PSe. The van der Waals surface area contributed by atoms with Gasteiger partial charge < -0.3 is 0 Å². The zero-order chi connectivity index (χ0) is 21.0. The molecule has 154 valence electrons. The molecule has 4 rings (SSSR count). The molecule has 2 aromatic carbocycles. The molecule has 8 heteroatoms. The van der Waals surface area contributed by atoms with E-state index >= 15 is 0 Å². The summed E-state index contributed by atoms with van der Waals surface area (Å²) in [7, 11) is 0. The molecule has 0 radical (unpaired) electrons. The molecule has 6 nitrogen and oxygen atoms in total. The summed E-state index contributed by atoms with van der Waals surface area (Å²) in [5.74, 6) is 0.420. The second-order valence-electron chi connectivity index (χ2n) is 7.07. The van der Waals surface area contributed by atoms with E-state index in [1.807, 2.05) is 6.33 Å².